The Morgan fingerprint density at radius 1 is 1.47 bits per heavy atom. The standard InChI is InChI=1S/C14H22N2S/c1-14(2)10-15-7-8-16(14)12-4-3-5-13-11(12)6-9-17-13/h6,9,12,15H,3-5,7-8,10H2,1-2H3. The summed E-state index contributed by atoms with van der Waals surface area (Å²) in [6, 6.07) is 3.03. The Bertz CT molecular complexity index is 397. The van der Waals surface area contributed by atoms with Gasteiger partial charge in [0.1, 0.15) is 0 Å². The Morgan fingerprint density at radius 2 is 2.35 bits per heavy atom. The maximum absolute atomic E-state index is 3.52. The van der Waals surface area contributed by atoms with Gasteiger partial charge in [0.15, 0.2) is 0 Å². The first kappa shape index (κ1) is 11.7. The van der Waals surface area contributed by atoms with Crippen LogP contribution < -0.4 is 5.32 Å². The maximum Gasteiger partial charge on any atom is 0.0365 e. The lowest BCUT2D eigenvalue weighted by molar-refractivity contribution is 0.0368. The summed E-state index contributed by atoms with van der Waals surface area (Å²) in [6.07, 6.45) is 4.00. The van der Waals surface area contributed by atoms with Crippen LogP contribution in [0.5, 0.6) is 0 Å². The van der Waals surface area contributed by atoms with Gasteiger partial charge in [0.05, 0.1) is 0 Å². The molecule has 0 radical (unpaired) electrons. The van der Waals surface area contributed by atoms with Gasteiger partial charge in [-0.2, -0.15) is 0 Å². The Balaban J connectivity index is 1.90. The molecule has 2 aliphatic rings. The monoisotopic (exact) mass is 250 g/mol. The average Bonchev–Trinajstić information content (AvgIpc) is 2.76. The summed E-state index contributed by atoms with van der Waals surface area (Å²) >= 11 is 1.95. The van der Waals surface area contributed by atoms with Crippen molar-refractivity contribution in [3.8, 4) is 0 Å². The van der Waals surface area contributed by atoms with Crippen LogP contribution in [-0.4, -0.2) is 30.1 Å². The van der Waals surface area contributed by atoms with Crippen LogP contribution in [0.1, 0.15) is 43.2 Å². The van der Waals surface area contributed by atoms with Gasteiger partial charge in [0.25, 0.3) is 0 Å². The van der Waals surface area contributed by atoms with Gasteiger partial charge in [-0.05, 0) is 50.1 Å². The number of rotatable bonds is 1. The second-order valence-electron chi connectivity index (χ2n) is 5.89. The van der Waals surface area contributed by atoms with Crippen LogP contribution in [-0.2, 0) is 6.42 Å². The van der Waals surface area contributed by atoms with Crippen LogP contribution in [0, 0.1) is 0 Å². The van der Waals surface area contributed by atoms with Crippen LogP contribution in [0.4, 0.5) is 0 Å². The van der Waals surface area contributed by atoms with Gasteiger partial charge >= 0.3 is 0 Å². The summed E-state index contributed by atoms with van der Waals surface area (Å²) in [5.74, 6) is 0. The molecule has 0 bridgehead atoms. The van der Waals surface area contributed by atoms with E-state index < -0.39 is 0 Å². The number of aryl methyl sites for hydroxylation is 1. The molecular formula is C14H22N2S. The van der Waals surface area contributed by atoms with Crippen molar-refractivity contribution in [1.29, 1.82) is 0 Å². The van der Waals surface area contributed by atoms with Crippen molar-refractivity contribution in [3.63, 3.8) is 0 Å². The molecule has 3 heteroatoms. The topological polar surface area (TPSA) is 15.3 Å². The molecule has 1 aromatic rings. The molecule has 17 heavy (non-hydrogen) atoms. The first-order valence-electron chi connectivity index (χ1n) is 6.72. The van der Waals surface area contributed by atoms with E-state index in [2.05, 4.69) is 35.5 Å². The molecule has 2 nitrogen and oxygen atoms in total. The molecule has 3 rings (SSSR count). The highest BCUT2D eigenvalue weighted by molar-refractivity contribution is 7.10. The molecule has 2 heterocycles. The summed E-state index contributed by atoms with van der Waals surface area (Å²) in [6.45, 7) is 8.19. The highest BCUT2D eigenvalue weighted by Crippen LogP contribution is 2.40. The number of thiophene rings is 1. The van der Waals surface area contributed by atoms with Crippen molar-refractivity contribution in [3.05, 3.63) is 21.9 Å². The Kier molecular flexibility index (Phi) is 3.01. The molecule has 1 unspecified atom stereocenters. The summed E-state index contributed by atoms with van der Waals surface area (Å²) in [4.78, 5) is 4.37. The van der Waals surface area contributed by atoms with Gasteiger partial charge in [-0.3, -0.25) is 4.90 Å². The second-order valence-corrected chi connectivity index (χ2v) is 6.89. The molecule has 1 saturated heterocycles. The van der Waals surface area contributed by atoms with Crippen LogP contribution in [0.2, 0.25) is 0 Å². The van der Waals surface area contributed by atoms with Crippen molar-refractivity contribution < 1.29 is 0 Å². The van der Waals surface area contributed by atoms with Gasteiger partial charge in [-0.15, -0.1) is 11.3 Å². The number of hydrogen-bond donors (Lipinski definition) is 1. The zero-order valence-corrected chi connectivity index (χ0v) is 11.6. The maximum atomic E-state index is 3.52. The lowest BCUT2D eigenvalue weighted by atomic mass is 9.88. The molecule has 0 saturated carbocycles. The van der Waals surface area contributed by atoms with E-state index in [1.54, 1.807) is 10.4 Å². The minimum atomic E-state index is 0.291. The van der Waals surface area contributed by atoms with E-state index in [4.69, 9.17) is 0 Å². The number of nitrogens with one attached hydrogen (secondary N) is 1. The van der Waals surface area contributed by atoms with E-state index in [9.17, 15) is 0 Å². The van der Waals surface area contributed by atoms with Gasteiger partial charge in [-0.25, -0.2) is 0 Å². The molecule has 1 aliphatic heterocycles. The summed E-state index contributed by atoms with van der Waals surface area (Å²) in [7, 11) is 0. The normalized spacial score (nSPS) is 28.9. The Labute approximate surface area is 108 Å². The van der Waals surface area contributed by atoms with Gasteiger partial charge < -0.3 is 5.32 Å². The van der Waals surface area contributed by atoms with E-state index in [0.717, 1.165) is 13.1 Å². The van der Waals surface area contributed by atoms with Crippen LogP contribution in [0.3, 0.4) is 0 Å². The van der Waals surface area contributed by atoms with Crippen molar-refractivity contribution in [1.82, 2.24) is 10.2 Å². The highest BCUT2D eigenvalue weighted by atomic mass is 32.1. The van der Waals surface area contributed by atoms with E-state index in [0.29, 0.717) is 11.6 Å². The Hall–Kier alpha value is -0.380. The molecule has 94 valence electrons. The molecule has 1 N–H and O–H groups in total. The fraction of sp³-hybridized carbons (Fsp3) is 0.714. The highest BCUT2D eigenvalue weighted by Gasteiger charge is 2.37. The van der Waals surface area contributed by atoms with Gasteiger partial charge in [-0.1, -0.05) is 0 Å². The quantitative estimate of drug-likeness (QED) is 0.824. The van der Waals surface area contributed by atoms with Crippen molar-refractivity contribution in [2.45, 2.75) is 44.7 Å². The third-order valence-corrected chi connectivity index (χ3v) is 5.26. The summed E-state index contributed by atoms with van der Waals surface area (Å²) in [5, 5.41) is 5.80. The predicted molar refractivity (Wildman–Crippen MR) is 73.7 cm³/mol. The molecule has 1 atom stereocenters. The number of nitrogens with zero attached hydrogens (tertiary/aromatic N) is 1. The molecule has 0 spiro atoms. The van der Waals surface area contributed by atoms with Crippen molar-refractivity contribution in [2.75, 3.05) is 19.6 Å². The molecule has 1 aliphatic carbocycles. The molecule has 1 fully saturated rings. The van der Waals surface area contributed by atoms with E-state index in [1.165, 1.54) is 25.8 Å². The third kappa shape index (κ3) is 2.05. The first-order valence-corrected chi connectivity index (χ1v) is 7.60. The van der Waals surface area contributed by atoms with E-state index in [-0.39, 0.29) is 0 Å². The largest absolute Gasteiger partial charge is 0.314 e. The molecule has 1 aromatic heterocycles. The van der Waals surface area contributed by atoms with Crippen LogP contribution >= 0.6 is 11.3 Å². The van der Waals surface area contributed by atoms with Gasteiger partial charge in [0, 0.05) is 36.1 Å². The number of fused-ring (bicyclic) bond motifs is 1. The zero-order chi connectivity index (χ0) is 11.9. The molecule has 0 aromatic carbocycles. The fourth-order valence-corrected chi connectivity index (χ4v) is 4.34. The first-order chi connectivity index (χ1) is 8.18. The average molecular weight is 250 g/mol. The lowest BCUT2D eigenvalue weighted by Crippen LogP contribution is -2.59. The molecular weight excluding hydrogens is 228 g/mol. The van der Waals surface area contributed by atoms with Crippen molar-refractivity contribution >= 4 is 11.3 Å². The van der Waals surface area contributed by atoms with E-state index >= 15 is 0 Å². The molecule has 0 amide bonds. The van der Waals surface area contributed by atoms with Crippen LogP contribution in [0.15, 0.2) is 11.4 Å². The minimum absolute atomic E-state index is 0.291. The van der Waals surface area contributed by atoms with Gasteiger partial charge in [0.2, 0.25) is 0 Å². The summed E-state index contributed by atoms with van der Waals surface area (Å²) < 4.78 is 0. The number of piperazine rings is 1. The van der Waals surface area contributed by atoms with E-state index in [1.807, 2.05) is 11.3 Å². The minimum Gasteiger partial charge on any atom is -0.314 e. The number of hydrogen-bond acceptors (Lipinski definition) is 3. The third-order valence-electron chi connectivity index (χ3n) is 4.26. The SMILES string of the molecule is CC1(C)CNCCN1C1CCCc2sccc21. The fourth-order valence-electron chi connectivity index (χ4n) is 3.36. The van der Waals surface area contributed by atoms with Crippen LogP contribution in [0.25, 0.3) is 0 Å². The summed E-state index contributed by atoms with van der Waals surface area (Å²) in [5.41, 5.74) is 1.91. The predicted octanol–water partition coefficient (Wildman–Crippen LogP) is 2.81. The lowest BCUT2D eigenvalue weighted by Gasteiger charge is -2.48. The second kappa shape index (κ2) is 4.38. The smallest absolute Gasteiger partial charge is 0.0365 e. The van der Waals surface area contributed by atoms with Crippen molar-refractivity contribution in [2.24, 2.45) is 0 Å². The Morgan fingerprint density at radius 3 is 3.18 bits per heavy atom. The zero-order valence-electron chi connectivity index (χ0n) is 10.8.